The number of ether oxygens (including phenoxy) is 1. The topological polar surface area (TPSA) is 44.8 Å². The number of piperazine rings is 1. The van der Waals surface area contributed by atoms with E-state index in [4.69, 9.17) is 4.74 Å². The molecule has 0 aromatic rings. The van der Waals surface area contributed by atoms with Crippen LogP contribution < -0.4 is 5.32 Å². The van der Waals surface area contributed by atoms with E-state index < -0.39 is 0 Å². The minimum atomic E-state index is 0.147. The Kier molecular flexibility index (Phi) is 5.60. The lowest BCUT2D eigenvalue weighted by atomic mass is 9.92. The number of nitrogens with zero attached hydrogens (tertiary/aromatic N) is 2. The lowest BCUT2D eigenvalue weighted by molar-refractivity contribution is -0.141. The quantitative estimate of drug-likeness (QED) is 0.798. The molecule has 1 aliphatic heterocycles. The first-order valence-electron chi connectivity index (χ1n) is 7.46. The van der Waals surface area contributed by atoms with E-state index in [1.807, 2.05) is 11.9 Å². The Hall–Kier alpha value is -0.650. The molecule has 2 aliphatic rings. The first-order valence-corrected chi connectivity index (χ1v) is 7.46. The zero-order valence-corrected chi connectivity index (χ0v) is 12.2. The smallest absolute Gasteiger partial charge is 0.248 e. The van der Waals surface area contributed by atoms with Gasteiger partial charge < -0.3 is 19.9 Å². The third-order valence-corrected chi connectivity index (χ3v) is 4.35. The van der Waals surface area contributed by atoms with E-state index >= 15 is 0 Å². The van der Waals surface area contributed by atoms with Crippen LogP contribution in [0.1, 0.15) is 25.7 Å². The van der Waals surface area contributed by atoms with Crippen molar-refractivity contribution in [1.29, 1.82) is 0 Å². The monoisotopic (exact) mass is 269 g/mol. The highest BCUT2D eigenvalue weighted by Gasteiger charge is 2.26. The van der Waals surface area contributed by atoms with Gasteiger partial charge >= 0.3 is 0 Å². The number of nitrogens with one attached hydrogen (secondary N) is 1. The Morgan fingerprint density at radius 1 is 1.21 bits per heavy atom. The Labute approximate surface area is 116 Å². The molecule has 0 aromatic carbocycles. The predicted molar refractivity (Wildman–Crippen MR) is 75.1 cm³/mol. The number of amides is 1. The van der Waals surface area contributed by atoms with Crippen LogP contribution in [-0.4, -0.2) is 74.7 Å². The lowest BCUT2D eigenvalue weighted by Gasteiger charge is -2.34. The maximum absolute atomic E-state index is 12.1. The van der Waals surface area contributed by atoms with Gasteiger partial charge in [0.1, 0.15) is 6.61 Å². The maximum atomic E-state index is 12.1. The van der Waals surface area contributed by atoms with E-state index in [1.165, 1.54) is 12.8 Å². The van der Waals surface area contributed by atoms with Gasteiger partial charge in [0, 0.05) is 32.2 Å². The molecule has 5 nitrogen and oxygen atoms in total. The molecule has 2 rings (SSSR count). The molecule has 0 radical (unpaired) electrons. The summed E-state index contributed by atoms with van der Waals surface area (Å²) in [5, 5.41) is 3.31. The van der Waals surface area contributed by atoms with E-state index in [2.05, 4.69) is 17.3 Å². The molecular formula is C14H27N3O2. The van der Waals surface area contributed by atoms with Crippen LogP contribution in [0.5, 0.6) is 0 Å². The SMILES string of the molecule is CNC1CCCCC1OCC(=O)N1CCN(C)CC1. The van der Waals surface area contributed by atoms with Gasteiger partial charge in [-0.05, 0) is 26.9 Å². The second kappa shape index (κ2) is 7.22. The fourth-order valence-electron chi connectivity index (χ4n) is 2.95. The molecule has 5 heteroatoms. The molecule has 1 N–H and O–H groups in total. The van der Waals surface area contributed by atoms with Crippen molar-refractivity contribution < 1.29 is 9.53 Å². The second-order valence-electron chi connectivity index (χ2n) is 5.71. The van der Waals surface area contributed by atoms with Crippen LogP contribution >= 0.6 is 0 Å². The van der Waals surface area contributed by atoms with Crippen molar-refractivity contribution in [3.05, 3.63) is 0 Å². The molecule has 0 bridgehead atoms. The Balaban J connectivity index is 1.73. The average Bonchev–Trinajstić information content (AvgIpc) is 2.45. The molecule has 2 fully saturated rings. The van der Waals surface area contributed by atoms with Crippen LogP contribution in [-0.2, 0) is 9.53 Å². The first-order chi connectivity index (χ1) is 9.20. The summed E-state index contributed by atoms with van der Waals surface area (Å²) in [4.78, 5) is 16.3. The standard InChI is InChI=1S/C14H27N3O2/c1-15-12-5-3-4-6-13(12)19-11-14(18)17-9-7-16(2)8-10-17/h12-13,15H,3-11H2,1-2H3. The van der Waals surface area contributed by atoms with Crippen molar-refractivity contribution in [2.24, 2.45) is 0 Å². The van der Waals surface area contributed by atoms with Crippen molar-refractivity contribution >= 4 is 5.91 Å². The number of hydrogen-bond acceptors (Lipinski definition) is 4. The minimum absolute atomic E-state index is 0.147. The van der Waals surface area contributed by atoms with Gasteiger partial charge in [0.15, 0.2) is 0 Å². The number of carbonyl (C=O) groups excluding carboxylic acids is 1. The van der Waals surface area contributed by atoms with Gasteiger partial charge in [-0.25, -0.2) is 0 Å². The van der Waals surface area contributed by atoms with Crippen molar-refractivity contribution in [2.75, 3.05) is 46.9 Å². The number of likely N-dealkylation sites (N-methyl/N-ethyl adjacent to an activating group) is 2. The third-order valence-electron chi connectivity index (χ3n) is 4.35. The van der Waals surface area contributed by atoms with Gasteiger partial charge in [-0.3, -0.25) is 4.79 Å². The van der Waals surface area contributed by atoms with E-state index in [0.717, 1.165) is 39.0 Å². The van der Waals surface area contributed by atoms with Gasteiger partial charge in [0.2, 0.25) is 5.91 Å². The predicted octanol–water partition coefficient (Wildman–Crippen LogP) is 0.308. The zero-order valence-electron chi connectivity index (χ0n) is 12.2. The molecule has 1 saturated heterocycles. The summed E-state index contributed by atoms with van der Waals surface area (Å²) in [6.45, 7) is 3.84. The summed E-state index contributed by atoms with van der Waals surface area (Å²) in [5.74, 6) is 0.147. The highest BCUT2D eigenvalue weighted by Crippen LogP contribution is 2.21. The fourth-order valence-corrected chi connectivity index (χ4v) is 2.95. The van der Waals surface area contributed by atoms with E-state index in [0.29, 0.717) is 6.04 Å². The summed E-state index contributed by atoms with van der Waals surface area (Å²) in [6.07, 6.45) is 4.91. The molecule has 2 atom stereocenters. The maximum Gasteiger partial charge on any atom is 0.248 e. The summed E-state index contributed by atoms with van der Waals surface area (Å²) in [6, 6.07) is 0.411. The number of carbonyl (C=O) groups is 1. The van der Waals surface area contributed by atoms with Gasteiger partial charge in [-0.15, -0.1) is 0 Å². The number of hydrogen-bond donors (Lipinski definition) is 1. The van der Waals surface area contributed by atoms with Crippen LogP contribution in [0.2, 0.25) is 0 Å². The Morgan fingerprint density at radius 2 is 1.89 bits per heavy atom. The van der Waals surface area contributed by atoms with Gasteiger partial charge in [0.25, 0.3) is 0 Å². The van der Waals surface area contributed by atoms with Gasteiger partial charge in [-0.1, -0.05) is 12.8 Å². The van der Waals surface area contributed by atoms with Gasteiger partial charge in [-0.2, -0.15) is 0 Å². The Bertz CT molecular complexity index is 290. The molecule has 0 aromatic heterocycles. The van der Waals surface area contributed by atoms with Crippen LogP contribution in [0.25, 0.3) is 0 Å². The summed E-state index contributed by atoms with van der Waals surface area (Å²) < 4.78 is 5.86. The molecule has 2 unspecified atom stereocenters. The highest BCUT2D eigenvalue weighted by molar-refractivity contribution is 5.77. The van der Waals surface area contributed by atoms with E-state index in [-0.39, 0.29) is 18.6 Å². The first kappa shape index (κ1) is 14.8. The summed E-state index contributed by atoms with van der Waals surface area (Å²) in [5.41, 5.74) is 0. The normalized spacial score (nSPS) is 29.5. The molecule has 19 heavy (non-hydrogen) atoms. The van der Waals surface area contributed by atoms with Crippen molar-refractivity contribution in [3.63, 3.8) is 0 Å². The van der Waals surface area contributed by atoms with Gasteiger partial charge in [0.05, 0.1) is 6.10 Å². The third kappa shape index (κ3) is 4.16. The van der Waals surface area contributed by atoms with E-state index in [1.54, 1.807) is 0 Å². The molecule has 1 aliphatic carbocycles. The average molecular weight is 269 g/mol. The van der Waals surface area contributed by atoms with Crippen molar-refractivity contribution in [2.45, 2.75) is 37.8 Å². The van der Waals surface area contributed by atoms with Crippen LogP contribution in [0.15, 0.2) is 0 Å². The molecule has 1 saturated carbocycles. The van der Waals surface area contributed by atoms with E-state index in [9.17, 15) is 4.79 Å². The largest absolute Gasteiger partial charge is 0.367 e. The molecule has 0 spiro atoms. The second-order valence-corrected chi connectivity index (χ2v) is 5.71. The molecular weight excluding hydrogens is 242 g/mol. The summed E-state index contributed by atoms with van der Waals surface area (Å²) in [7, 11) is 4.08. The number of rotatable bonds is 4. The fraction of sp³-hybridized carbons (Fsp3) is 0.929. The molecule has 1 heterocycles. The summed E-state index contributed by atoms with van der Waals surface area (Å²) >= 11 is 0. The minimum Gasteiger partial charge on any atom is -0.367 e. The molecule has 110 valence electrons. The van der Waals surface area contributed by atoms with Crippen LogP contribution in [0.3, 0.4) is 0 Å². The zero-order chi connectivity index (χ0) is 13.7. The Morgan fingerprint density at radius 3 is 2.58 bits per heavy atom. The van der Waals surface area contributed by atoms with Crippen molar-refractivity contribution in [3.8, 4) is 0 Å². The lowest BCUT2D eigenvalue weighted by Crippen LogP contribution is -2.49. The van der Waals surface area contributed by atoms with Crippen LogP contribution in [0.4, 0.5) is 0 Å². The highest BCUT2D eigenvalue weighted by atomic mass is 16.5. The van der Waals surface area contributed by atoms with Crippen molar-refractivity contribution in [1.82, 2.24) is 15.1 Å². The van der Waals surface area contributed by atoms with Crippen LogP contribution in [0, 0.1) is 0 Å². The molecule has 1 amide bonds.